The Morgan fingerprint density at radius 3 is 2.51 bits per heavy atom. The van der Waals surface area contributed by atoms with E-state index < -0.39 is 17.2 Å². The van der Waals surface area contributed by atoms with Crippen molar-refractivity contribution in [3.05, 3.63) is 35.2 Å². The maximum absolute atomic E-state index is 14.6. The standard InChI is InChI=1S/C27H37F2N5O3/c1-16(2)25-31-26(37-32-25)33-7-4-17(5-8-33)20-10-18(20)6-9-36-19-11-22(28)21(23(29)12-19)13-24(35)34-14-27(3,30)15-34/h11-12,16-18,20H,4-10,13-15,30H2,1-3H3/t18-,20-/m1/s1. The van der Waals surface area contributed by atoms with E-state index in [0.29, 0.717) is 43.5 Å². The molecule has 0 spiro atoms. The highest BCUT2D eigenvalue weighted by molar-refractivity contribution is 5.80. The Balaban J connectivity index is 1.04. The Hall–Kier alpha value is -2.75. The molecule has 2 saturated heterocycles. The average Bonchev–Trinajstić information content (AvgIpc) is 3.42. The van der Waals surface area contributed by atoms with Crippen molar-refractivity contribution in [1.29, 1.82) is 0 Å². The Morgan fingerprint density at radius 2 is 1.92 bits per heavy atom. The van der Waals surface area contributed by atoms with Crippen LogP contribution in [0, 0.1) is 29.4 Å². The number of rotatable bonds is 9. The average molecular weight is 518 g/mol. The van der Waals surface area contributed by atoms with Crippen LogP contribution in [0.4, 0.5) is 14.8 Å². The number of hydrogen-bond acceptors (Lipinski definition) is 7. The summed E-state index contributed by atoms with van der Waals surface area (Å²) in [5.41, 5.74) is 5.27. The summed E-state index contributed by atoms with van der Waals surface area (Å²) >= 11 is 0. The Labute approximate surface area is 216 Å². The third-order valence-electron chi connectivity index (χ3n) is 8.00. The molecular weight excluding hydrogens is 480 g/mol. The van der Waals surface area contributed by atoms with E-state index in [2.05, 4.69) is 28.9 Å². The van der Waals surface area contributed by atoms with Crippen molar-refractivity contribution in [1.82, 2.24) is 15.0 Å². The highest BCUT2D eigenvalue weighted by atomic mass is 19.1. The minimum atomic E-state index is -0.753. The number of piperidine rings is 1. The molecule has 3 heterocycles. The molecule has 1 amide bonds. The zero-order valence-corrected chi connectivity index (χ0v) is 21.9. The van der Waals surface area contributed by atoms with Crippen LogP contribution >= 0.6 is 0 Å². The van der Waals surface area contributed by atoms with Gasteiger partial charge in [-0.05, 0) is 50.4 Å². The fourth-order valence-electron chi connectivity index (χ4n) is 5.71. The summed E-state index contributed by atoms with van der Waals surface area (Å²) in [4.78, 5) is 20.5. The van der Waals surface area contributed by atoms with Gasteiger partial charge in [0.05, 0.1) is 13.0 Å². The molecule has 5 rings (SSSR count). The second kappa shape index (κ2) is 10.2. The summed E-state index contributed by atoms with van der Waals surface area (Å²) in [6.07, 6.45) is 3.92. The molecule has 37 heavy (non-hydrogen) atoms. The summed E-state index contributed by atoms with van der Waals surface area (Å²) in [6, 6.07) is 2.98. The largest absolute Gasteiger partial charge is 0.493 e. The van der Waals surface area contributed by atoms with Crippen LogP contribution < -0.4 is 15.4 Å². The number of aromatic nitrogens is 2. The zero-order valence-electron chi connectivity index (χ0n) is 21.9. The molecule has 8 nitrogen and oxygen atoms in total. The van der Waals surface area contributed by atoms with E-state index in [9.17, 15) is 13.6 Å². The van der Waals surface area contributed by atoms with Crippen LogP contribution in [-0.4, -0.2) is 59.3 Å². The second-order valence-corrected chi connectivity index (χ2v) is 11.7. The summed E-state index contributed by atoms with van der Waals surface area (Å²) in [7, 11) is 0. The molecule has 3 aliphatic rings. The summed E-state index contributed by atoms with van der Waals surface area (Å²) < 4.78 is 40.3. The lowest BCUT2D eigenvalue weighted by Gasteiger charge is -2.45. The zero-order chi connectivity index (χ0) is 26.3. The first-order chi connectivity index (χ1) is 17.6. The Bertz CT molecular complexity index is 1100. The number of hydrogen-bond donors (Lipinski definition) is 1. The predicted molar refractivity (Wildman–Crippen MR) is 134 cm³/mol. The minimum absolute atomic E-state index is 0.163. The predicted octanol–water partition coefficient (Wildman–Crippen LogP) is 3.89. The van der Waals surface area contributed by atoms with Crippen LogP contribution in [0.25, 0.3) is 0 Å². The molecule has 2 atom stereocenters. The van der Waals surface area contributed by atoms with Gasteiger partial charge < -0.3 is 24.8 Å². The van der Waals surface area contributed by atoms with Crippen molar-refractivity contribution in [3.63, 3.8) is 0 Å². The SMILES string of the molecule is CC(C)c1noc(N2CCC([C@H]3C[C@H]3CCOc3cc(F)c(CC(=O)N4CC(C)(N)C4)c(F)c3)CC2)n1. The van der Waals surface area contributed by atoms with Crippen LogP contribution in [0.1, 0.15) is 63.8 Å². The molecule has 2 N–H and O–H groups in total. The number of carbonyl (C=O) groups excluding carboxylic acids is 1. The molecule has 1 aliphatic carbocycles. The first-order valence-electron chi connectivity index (χ1n) is 13.4. The van der Waals surface area contributed by atoms with Gasteiger partial charge >= 0.3 is 6.01 Å². The lowest BCUT2D eigenvalue weighted by Crippen LogP contribution is -2.67. The van der Waals surface area contributed by atoms with Gasteiger partial charge in [-0.25, -0.2) is 8.78 Å². The van der Waals surface area contributed by atoms with Gasteiger partial charge in [0.15, 0.2) is 5.82 Å². The number of likely N-dealkylation sites (tertiary alicyclic amines) is 1. The van der Waals surface area contributed by atoms with Gasteiger partial charge in [-0.3, -0.25) is 4.79 Å². The molecule has 1 saturated carbocycles. The van der Waals surface area contributed by atoms with Crippen molar-refractivity contribution in [2.75, 3.05) is 37.7 Å². The second-order valence-electron chi connectivity index (χ2n) is 11.7. The topological polar surface area (TPSA) is 97.7 Å². The quantitative estimate of drug-likeness (QED) is 0.539. The lowest BCUT2D eigenvalue weighted by molar-refractivity contribution is -0.137. The molecule has 202 valence electrons. The highest BCUT2D eigenvalue weighted by Crippen LogP contribution is 2.50. The van der Waals surface area contributed by atoms with Crippen molar-refractivity contribution in [2.45, 2.75) is 64.3 Å². The van der Waals surface area contributed by atoms with Gasteiger partial charge in [-0.15, -0.1) is 0 Å². The Morgan fingerprint density at radius 1 is 1.24 bits per heavy atom. The van der Waals surface area contributed by atoms with Gasteiger partial charge in [0.25, 0.3) is 0 Å². The lowest BCUT2D eigenvalue weighted by atomic mass is 9.90. The molecule has 0 unspecified atom stereocenters. The van der Waals surface area contributed by atoms with E-state index in [4.69, 9.17) is 15.0 Å². The molecule has 1 aromatic heterocycles. The summed E-state index contributed by atoms with van der Waals surface area (Å²) in [5.74, 6) is 1.26. The third kappa shape index (κ3) is 5.89. The third-order valence-corrected chi connectivity index (χ3v) is 8.00. The number of nitrogens with two attached hydrogens (primary N) is 1. The monoisotopic (exact) mass is 517 g/mol. The normalized spacial score (nSPS) is 23.3. The van der Waals surface area contributed by atoms with E-state index in [0.717, 1.165) is 38.2 Å². The first-order valence-corrected chi connectivity index (χ1v) is 13.4. The number of amides is 1. The fourth-order valence-corrected chi connectivity index (χ4v) is 5.71. The number of benzene rings is 1. The van der Waals surface area contributed by atoms with Gasteiger partial charge in [0.2, 0.25) is 5.91 Å². The fraction of sp³-hybridized carbons (Fsp3) is 0.667. The molecule has 3 fully saturated rings. The van der Waals surface area contributed by atoms with Crippen molar-refractivity contribution >= 4 is 11.9 Å². The van der Waals surface area contributed by atoms with Crippen LogP contribution in [-0.2, 0) is 11.2 Å². The van der Waals surface area contributed by atoms with E-state index >= 15 is 0 Å². The van der Waals surface area contributed by atoms with E-state index in [-0.39, 0.29) is 29.6 Å². The van der Waals surface area contributed by atoms with E-state index in [1.807, 2.05) is 6.92 Å². The van der Waals surface area contributed by atoms with Gasteiger partial charge in [0.1, 0.15) is 17.4 Å². The van der Waals surface area contributed by atoms with Crippen LogP contribution in [0.5, 0.6) is 5.75 Å². The number of ether oxygens (including phenoxy) is 1. The highest BCUT2D eigenvalue weighted by Gasteiger charge is 2.43. The summed E-state index contributed by atoms with van der Waals surface area (Å²) in [6.45, 7) is 8.99. The van der Waals surface area contributed by atoms with Crippen molar-refractivity contribution in [3.8, 4) is 5.75 Å². The van der Waals surface area contributed by atoms with Crippen molar-refractivity contribution < 1.29 is 22.8 Å². The number of anilines is 1. The molecule has 0 radical (unpaired) electrons. The number of nitrogens with zero attached hydrogens (tertiary/aromatic N) is 4. The first kappa shape index (κ1) is 25.9. The molecule has 10 heteroatoms. The molecular formula is C27H37F2N5O3. The number of halogens is 2. The Kier molecular flexibility index (Phi) is 7.13. The van der Waals surface area contributed by atoms with Crippen LogP contribution in [0.3, 0.4) is 0 Å². The van der Waals surface area contributed by atoms with E-state index in [1.54, 1.807) is 0 Å². The molecule has 1 aromatic carbocycles. The van der Waals surface area contributed by atoms with Gasteiger partial charge in [-0.1, -0.05) is 19.0 Å². The minimum Gasteiger partial charge on any atom is -0.493 e. The van der Waals surface area contributed by atoms with Crippen molar-refractivity contribution in [2.24, 2.45) is 23.5 Å². The summed E-state index contributed by atoms with van der Waals surface area (Å²) in [5, 5.41) is 4.06. The van der Waals surface area contributed by atoms with Crippen LogP contribution in [0.15, 0.2) is 16.7 Å². The molecule has 2 aromatic rings. The maximum atomic E-state index is 14.6. The van der Waals surface area contributed by atoms with E-state index in [1.165, 1.54) is 23.5 Å². The molecule has 2 aliphatic heterocycles. The smallest absolute Gasteiger partial charge is 0.324 e. The van der Waals surface area contributed by atoms with Gasteiger partial charge in [0, 0.05) is 55.3 Å². The molecule has 0 bridgehead atoms. The van der Waals surface area contributed by atoms with Crippen LogP contribution in [0.2, 0.25) is 0 Å². The van der Waals surface area contributed by atoms with Gasteiger partial charge in [-0.2, -0.15) is 4.98 Å². The number of carbonyl (C=O) groups is 1. The maximum Gasteiger partial charge on any atom is 0.324 e.